The van der Waals surface area contributed by atoms with Crippen molar-refractivity contribution in [3.05, 3.63) is 301 Å². The monoisotopic (exact) mass is 1020 g/mol. The molecule has 80 heavy (non-hydrogen) atoms. The number of nitrogens with zero attached hydrogens (tertiary/aromatic N) is 8. The third kappa shape index (κ3) is 8.52. The van der Waals surface area contributed by atoms with Crippen LogP contribution in [-0.4, -0.2) is 39.9 Å². The van der Waals surface area contributed by atoms with Gasteiger partial charge >= 0.3 is 0 Å². The Morgan fingerprint density at radius 1 is 0.188 bits per heavy atom. The topological polar surface area (TPSA) is 103 Å². The molecule has 0 saturated carbocycles. The number of rotatable bonds is 10. The molecular weight excluding hydrogens is 977 g/mol. The van der Waals surface area contributed by atoms with E-state index in [0.717, 1.165) is 77.9 Å². The summed E-state index contributed by atoms with van der Waals surface area (Å²) in [4.78, 5) is 39.1. The summed E-state index contributed by atoms with van der Waals surface area (Å²) in [5, 5.41) is 0. The maximum Gasteiger partial charge on any atom is 0.164 e. The van der Waals surface area contributed by atoms with Gasteiger partial charge in [0.25, 0.3) is 0 Å². The highest BCUT2D eigenvalue weighted by Crippen LogP contribution is 2.57. The van der Waals surface area contributed by atoms with Crippen molar-refractivity contribution >= 4 is 0 Å². The van der Waals surface area contributed by atoms with E-state index >= 15 is 0 Å². The molecule has 8 nitrogen and oxygen atoms in total. The first-order valence-electron chi connectivity index (χ1n) is 26.8. The Bertz CT molecular complexity index is 4170. The lowest BCUT2D eigenvalue weighted by Crippen LogP contribution is -2.27. The van der Waals surface area contributed by atoms with E-state index in [4.69, 9.17) is 29.9 Å². The van der Waals surface area contributed by atoms with Gasteiger partial charge in [0.1, 0.15) is 0 Å². The Morgan fingerprint density at radius 3 is 0.863 bits per heavy atom. The lowest BCUT2D eigenvalue weighted by molar-refractivity contribution is 0.755. The molecule has 0 radical (unpaired) electrons. The molecule has 374 valence electrons. The van der Waals surface area contributed by atoms with Gasteiger partial charge in [0.15, 0.2) is 34.9 Å². The third-order valence-electron chi connectivity index (χ3n) is 15.6. The molecule has 4 aromatic heterocycles. The van der Waals surface area contributed by atoms with Crippen LogP contribution in [0.3, 0.4) is 0 Å². The maximum atomic E-state index is 5.13. The summed E-state index contributed by atoms with van der Waals surface area (Å²) in [7, 11) is 0. The molecule has 16 rings (SSSR count). The van der Waals surface area contributed by atoms with Gasteiger partial charge in [-0.25, -0.2) is 29.9 Å². The molecule has 8 heteroatoms. The Labute approximate surface area is 463 Å². The molecule has 0 amide bonds. The van der Waals surface area contributed by atoms with Crippen LogP contribution in [0, 0.1) is 0 Å². The van der Waals surface area contributed by atoms with Crippen LogP contribution in [0.15, 0.2) is 267 Å². The van der Waals surface area contributed by atoms with Crippen LogP contribution in [0.4, 0.5) is 0 Å². The summed E-state index contributed by atoms with van der Waals surface area (Å²) in [5.41, 5.74) is 22.4. The largest absolute Gasteiger partial charge is 0.264 e. The molecule has 0 spiro atoms. The van der Waals surface area contributed by atoms with Gasteiger partial charge in [0, 0.05) is 70.0 Å². The van der Waals surface area contributed by atoms with Crippen LogP contribution in [0.25, 0.3) is 113 Å². The molecule has 9 aromatic carbocycles. The summed E-state index contributed by atoms with van der Waals surface area (Å²) >= 11 is 0. The lowest BCUT2D eigenvalue weighted by atomic mass is 9.60. The summed E-state index contributed by atoms with van der Waals surface area (Å²) in [6.45, 7) is 0. The molecular formula is C72H46N8. The van der Waals surface area contributed by atoms with Gasteiger partial charge in [0.2, 0.25) is 0 Å². The quantitative estimate of drug-likeness (QED) is 0.133. The first-order valence-corrected chi connectivity index (χ1v) is 26.8. The first kappa shape index (κ1) is 46.6. The summed E-state index contributed by atoms with van der Waals surface area (Å²) < 4.78 is 0. The van der Waals surface area contributed by atoms with E-state index in [2.05, 4.69) is 180 Å². The Hall–Kier alpha value is -10.7. The minimum absolute atomic E-state index is 0.0762. The predicted molar refractivity (Wildman–Crippen MR) is 318 cm³/mol. The molecule has 13 aromatic rings. The van der Waals surface area contributed by atoms with Crippen LogP contribution < -0.4 is 0 Å². The average Bonchev–Trinajstić information content (AvgIpc) is 3.61. The minimum Gasteiger partial charge on any atom is -0.264 e. The highest BCUT2D eigenvalue weighted by Gasteiger charge is 2.41. The molecule has 2 atom stereocenters. The van der Waals surface area contributed by atoms with Crippen molar-refractivity contribution in [2.45, 2.75) is 11.8 Å². The van der Waals surface area contributed by atoms with Crippen molar-refractivity contribution in [2.24, 2.45) is 0 Å². The molecule has 0 saturated heterocycles. The second-order valence-electron chi connectivity index (χ2n) is 20.3. The van der Waals surface area contributed by atoms with Crippen molar-refractivity contribution in [3.8, 4) is 113 Å². The van der Waals surface area contributed by atoms with Crippen molar-refractivity contribution in [1.82, 2.24) is 39.9 Å². The van der Waals surface area contributed by atoms with Crippen LogP contribution in [0.1, 0.15) is 45.2 Å². The van der Waals surface area contributed by atoms with Crippen molar-refractivity contribution in [3.63, 3.8) is 0 Å². The van der Waals surface area contributed by atoms with Gasteiger partial charge < -0.3 is 0 Å². The normalized spacial score (nSPS) is 13.8. The molecule has 0 aliphatic heterocycles. The van der Waals surface area contributed by atoms with Crippen molar-refractivity contribution < 1.29 is 0 Å². The molecule has 3 aliphatic rings. The van der Waals surface area contributed by atoms with E-state index in [1.807, 2.05) is 85.2 Å². The predicted octanol–water partition coefficient (Wildman–Crippen LogP) is 16.5. The van der Waals surface area contributed by atoms with E-state index in [1.165, 1.54) is 33.4 Å². The summed E-state index contributed by atoms with van der Waals surface area (Å²) in [6, 6.07) is 85.3. The van der Waals surface area contributed by atoms with Crippen LogP contribution in [0.2, 0.25) is 0 Å². The second-order valence-corrected chi connectivity index (χ2v) is 20.3. The SMILES string of the molecule is c1ccc(-c2nc(-c3ccc(-c4cccnc4)cc3)nc(-c3cccc(-c4ccc5c(c4)C4c6ccccc6C5c5cc(-c6cccc(-c7nc(-c8ccccc8)nc(-c8ccc(-c9cccnc9)cc8)n7)c6)ccc54)c3)n2)cc1. The van der Waals surface area contributed by atoms with Gasteiger partial charge in [-0.15, -0.1) is 0 Å². The van der Waals surface area contributed by atoms with Gasteiger partial charge in [-0.3, -0.25) is 9.97 Å². The molecule has 3 aliphatic carbocycles. The van der Waals surface area contributed by atoms with Gasteiger partial charge in [0.05, 0.1) is 0 Å². The van der Waals surface area contributed by atoms with Gasteiger partial charge in [-0.1, -0.05) is 206 Å². The van der Waals surface area contributed by atoms with Gasteiger partial charge in [-0.2, -0.15) is 0 Å². The number of pyridine rings is 2. The highest BCUT2D eigenvalue weighted by molar-refractivity contribution is 5.80. The third-order valence-corrected chi connectivity index (χ3v) is 15.6. The van der Waals surface area contributed by atoms with E-state index in [1.54, 1.807) is 12.4 Å². The molecule has 2 bridgehead atoms. The molecule has 0 N–H and O–H groups in total. The molecule has 0 fully saturated rings. The van der Waals surface area contributed by atoms with E-state index in [0.29, 0.717) is 34.9 Å². The number of hydrogen-bond donors (Lipinski definition) is 0. The highest BCUT2D eigenvalue weighted by atomic mass is 15.0. The zero-order valence-corrected chi connectivity index (χ0v) is 43.1. The minimum atomic E-state index is 0.0762. The van der Waals surface area contributed by atoms with Crippen LogP contribution in [0.5, 0.6) is 0 Å². The fourth-order valence-electron chi connectivity index (χ4n) is 11.6. The van der Waals surface area contributed by atoms with E-state index < -0.39 is 0 Å². The molecule has 4 heterocycles. The van der Waals surface area contributed by atoms with Crippen molar-refractivity contribution in [1.29, 1.82) is 0 Å². The Kier molecular flexibility index (Phi) is 11.5. The van der Waals surface area contributed by atoms with Gasteiger partial charge in [-0.05, 0) is 114 Å². The first-order chi connectivity index (χ1) is 39.6. The number of aromatic nitrogens is 8. The number of hydrogen-bond acceptors (Lipinski definition) is 8. The van der Waals surface area contributed by atoms with E-state index in [-0.39, 0.29) is 11.8 Å². The standard InChI is InChI=1S/C72H46N8/c1-3-13-47(14-4-1)67-75-69(49-29-25-45(26-30-49)57-21-11-37-73-43-57)79-71(77-67)55-19-9-17-51(39-55)53-33-35-61-63(41-53)65-59-23-7-8-24-60(59)66(61)64-42-54(34-36-62(64)65)52-18-10-20-56(40-52)72-78-68(48-15-5-2-6-16-48)76-70(80-72)50-31-27-46(28-32-50)58-22-12-38-74-44-58/h1-44,65-66H. The fourth-order valence-corrected chi connectivity index (χ4v) is 11.6. The zero-order chi connectivity index (χ0) is 52.9. The van der Waals surface area contributed by atoms with Crippen LogP contribution in [-0.2, 0) is 0 Å². The molecule has 2 unspecified atom stereocenters. The Morgan fingerprint density at radius 2 is 0.475 bits per heavy atom. The Balaban J connectivity index is 0.765. The zero-order valence-electron chi connectivity index (χ0n) is 43.1. The maximum absolute atomic E-state index is 5.13. The second kappa shape index (κ2) is 19.7. The average molecular weight is 1020 g/mol. The lowest BCUT2D eigenvalue weighted by Gasteiger charge is -2.42. The fraction of sp³-hybridized carbons (Fsp3) is 0.0278. The summed E-state index contributed by atoms with van der Waals surface area (Å²) in [6.07, 6.45) is 7.33. The smallest absolute Gasteiger partial charge is 0.164 e. The van der Waals surface area contributed by atoms with Crippen molar-refractivity contribution in [2.75, 3.05) is 0 Å². The number of benzene rings is 9. The van der Waals surface area contributed by atoms with E-state index in [9.17, 15) is 0 Å². The van der Waals surface area contributed by atoms with Crippen LogP contribution >= 0.6 is 0 Å². The summed E-state index contributed by atoms with van der Waals surface area (Å²) in [5.74, 6) is 3.87.